The van der Waals surface area contributed by atoms with Gasteiger partial charge in [0.15, 0.2) is 0 Å². The van der Waals surface area contributed by atoms with Crippen molar-refractivity contribution in [3.63, 3.8) is 0 Å². The number of nitro benzene ring substituents is 1. The fourth-order valence-electron chi connectivity index (χ4n) is 3.49. The number of carbonyl (C=O) groups is 1. The number of piperazine rings is 1. The molecule has 1 N–H and O–H groups in total. The molecule has 1 saturated heterocycles. The lowest BCUT2D eigenvalue weighted by Crippen LogP contribution is -2.67. The molecule has 0 radical (unpaired) electrons. The Hall–Kier alpha value is -2.36. The predicted octanol–water partition coefficient (Wildman–Crippen LogP) is 4.21. The summed E-state index contributed by atoms with van der Waals surface area (Å²) in [5.41, 5.74) is -2.99. The standard InChI is InChI=1S/C18H24F3N3O4/c1-16(2,3)17(4)11-22(7-8-23(17)15(25)26)10-12-5-6-13(24(27)28)9-14(12)18(19,20)21/h5-6,9H,7-8,10-11H2,1-4H3,(H,25,26)/t17-/m1/s1. The molecular formula is C18H24F3N3O4. The van der Waals surface area contributed by atoms with Crippen LogP contribution >= 0.6 is 0 Å². The maximum absolute atomic E-state index is 13.4. The van der Waals surface area contributed by atoms with Crippen molar-refractivity contribution in [3.8, 4) is 0 Å². The fourth-order valence-corrected chi connectivity index (χ4v) is 3.49. The van der Waals surface area contributed by atoms with Crippen LogP contribution < -0.4 is 0 Å². The first-order chi connectivity index (χ1) is 12.7. The molecule has 0 unspecified atom stereocenters. The third-order valence-corrected chi connectivity index (χ3v) is 5.62. The number of benzene rings is 1. The number of nitrogens with zero attached hydrogens (tertiary/aromatic N) is 3. The molecule has 1 amide bonds. The number of nitro groups is 1. The number of halogens is 3. The molecule has 10 heteroatoms. The first-order valence-corrected chi connectivity index (χ1v) is 8.74. The van der Waals surface area contributed by atoms with E-state index in [0.29, 0.717) is 6.07 Å². The normalized spacial score (nSPS) is 21.6. The van der Waals surface area contributed by atoms with E-state index in [0.717, 1.165) is 12.1 Å². The molecule has 1 heterocycles. The van der Waals surface area contributed by atoms with E-state index < -0.39 is 39.4 Å². The Morgan fingerprint density at radius 3 is 2.36 bits per heavy atom. The van der Waals surface area contributed by atoms with Gasteiger partial charge in [-0.05, 0) is 17.9 Å². The minimum absolute atomic E-state index is 0.0712. The van der Waals surface area contributed by atoms with Crippen LogP contribution in [-0.4, -0.2) is 51.1 Å². The largest absolute Gasteiger partial charge is 0.465 e. The Kier molecular flexibility index (Phi) is 5.66. The van der Waals surface area contributed by atoms with Gasteiger partial charge in [-0.3, -0.25) is 19.9 Å². The molecule has 2 rings (SSSR count). The molecule has 28 heavy (non-hydrogen) atoms. The minimum atomic E-state index is -4.72. The lowest BCUT2D eigenvalue weighted by molar-refractivity contribution is -0.385. The Labute approximate surface area is 160 Å². The quantitative estimate of drug-likeness (QED) is 0.603. The first-order valence-electron chi connectivity index (χ1n) is 8.74. The van der Waals surface area contributed by atoms with E-state index in [1.54, 1.807) is 11.8 Å². The second kappa shape index (κ2) is 7.23. The summed E-state index contributed by atoms with van der Waals surface area (Å²) < 4.78 is 40.3. The molecule has 1 aromatic rings. The molecule has 0 aromatic heterocycles. The van der Waals surface area contributed by atoms with Crippen molar-refractivity contribution in [2.24, 2.45) is 5.41 Å². The number of hydrogen-bond donors (Lipinski definition) is 1. The van der Waals surface area contributed by atoms with Gasteiger partial charge in [0.1, 0.15) is 0 Å². The summed E-state index contributed by atoms with van der Waals surface area (Å²) in [5.74, 6) is 0. The Balaban J connectivity index is 2.36. The molecule has 0 spiro atoms. The molecule has 0 aliphatic carbocycles. The molecule has 7 nitrogen and oxygen atoms in total. The van der Waals surface area contributed by atoms with Gasteiger partial charge in [-0.2, -0.15) is 13.2 Å². The van der Waals surface area contributed by atoms with Crippen LogP contribution in [0.3, 0.4) is 0 Å². The molecule has 1 aromatic carbocycles. The van der Waals surface area contributed by atoms with Gasteiger partial charge in [0.05, 0.1) is 16.0 Å². The summed E-state index contributed by atoms with van der Waals surface area (Å²) in [6.07, 6.45) is -5.79. The fraction of sp³-hybridized carbons (Fsp3) is 0.611. The highest BCUT2D eigenvalue weighted by molar-refractivity contribution is 5.66. The number of carboxylic acid groups (broad SMARTS) is 1. The number of amides is 1. The summed E-state index contributed by atoms with van der Waals surface area (Å²) >= 11 is 0. The van der Waals surface area contributed by atoms with Crippen LogP contribution in [0.5, 0.6) is 0 Å². The summed E-state index contributed by atoms with van der Waals surface area (Å²) in [6, 6.07) is 2.73. The van der Waals surface area contributed by atoms with E-state index in [4.69, 9.17) is 0 Å². The van der Waals surface area contributed by atoms with Crippen molar-refractivity contribution in [2.45, 2.75) is 46.0 Å². The molecule has 156 valence electrons. The molecule has 0 saturated carbocycles. The number of alkyl halides is 3. The van der Waals surface area contributed by atoms with Crippen molar-refractivity contribution in [1.29, 1.82) is 0 Å². The van der Waals surface area contributed by atoms with Gasteiger partial charge in [-0.15, -0.1) is 0 Å². The van der Waals surface area contributed by atoms with Gasteiger partial charge in [0, 0.05) is 38.3 Å². The summed E-state index contributed by atoms with van der Waals surface area (Å²) in [4.78, 5) is 24.7. The molecule has 0 bridgehead atoms. The van der Waals surface area contributed by atoms with Crippen LogP contribution in [0, 0.1) is 15.5 Å². The summed E-state index contributed by atoms with van der Waals surface area (Å²) in [7, 11) is 0. The monoisotopic (exact) mass is 403 g/mol. The third kappa shape index (κ3) is 4.21. The highest BCUT2D eigenvalue weighted by Gasteiger charge is 2.48. The maximum atomic E-state index is 13.4. The average molecular weight is 403 g/mol. The van der Waals surface area contributed by atoms with E-state index in [-0.39, 0.29) is 31.7 Å². The van der Waals surface area contributed by atoms with Crippen LogP contribution in [0.25, 0.3) is 0 Å². The Morgan fingerprint density at radius 1 is 1.29 bits per heavy atom. The van der Waals surface area contributed by atoms with Crippen LogP contribution in [0.2, 0.25) is 0 Å². The van der Waals surface area contributed by atoms with Gasteiger partial charge in [-0.1, -0.05) is 26.8 Å². The SMILES string of the molecule is CC(C)(C)[C@@]1(C)CN(Cc2ccc([N+](=O)[O-])cc2C(F)(F)F)CCN1C(=O)O. The zero-order valence-electron chi connectivity index (χ0n) is 16.2. The smallest absolute Gasteiger partial charge is 0.416 e. The lowest BCUT2D eigenvalue weighted by Gasteiger charge is -2.54. The number of rotatable bonds is 3. The molecule has 1 fully saturated rings. The molecular weight excluding hydrogens is 379 g/mol. The van der Waals surface area contributed by atoms with Crippen molar-refractivity contribution in [1.82, 2.24) is 9.80 Å². The van der Waals surface area contributed by atoms with Crippen molar-refractivity contribution in [2.75, 3.05) is 19.6 Å². The first kappa shape index (κ1) is 21.9. The Morgan fingerprint density at radius 2 is 1.89 bits per heavy atom. The van der Waals surface area contributed by atoms with Crippen LogP contribution in [0.15, 0.2) is 18.2 Å². The highest BCUT2D eigenvalue weighted by atomic mass is 19.4. The van der Waals surface area contributed by atoms with Gasteiger partial charge in [0.25, 0.3) is 5.69 Å². The van der Waals surface area contributed by atoms with E-state index in [1.807, 2.05) is 20.8 Å². The second-order valence-electron chi connectivity index (χ2n) is 8.27. The minimum Gasteiger partial charge on any atom is -0.465 e. The van der Waals surface area contributed by atoms with Crippen LogP contribution in [-0.2, 0) is 12.7 Å². The van der Waals surface area contributed by atoms with E-state index in [1.165, 1.54) is 4.90 Å². The highest BCUT2D eigenvalue weighted by Crippen LogP contribution is 2.40. The molecule has 1 aliphatic heterocycles. The predicted molar refractivity (Wildman–Crippen MR) is 96.0 cm³/mol. The molecule has 1 atom stereocenters. The van der Waals surface area contributed by atoms with Gasteiger partial charge < -0.3 is 5.11 Å². The maximum Gasteiger partial charge on any atom is 0.416 e. The van der Waals surface area contributed by atoms with Crippen LogP contribution in [0.1, 0.15) is 38.8 Å². The van der Waals surface area contributed by atoms with E-state index in [2.05, 4.69) is 0 Å². The topological polar surface area (TPSA) is 86.9 Å². The van der Waals surface area contributed by atoms with E-state index >= 15 is 0 Å². The zero-order valence-corrected chi connectivity index (χ0v) is 16.2. The van der Waals surface area contributed by atoms with E-state index in [9.17, 15) is 33.2 Å². The van der Waals surface area contributed by atoms with Crippen molar-refractivity contribution in [3.05, 3.63) is 39.4 Å². The average Bonchev–Trinajstić information content (AvgIpc) is 2.52. The summed E-state index contributed by atoms with van der Waals surface area (Å²) in [5, 5.41) is 20.4. The van der Waals surface area contributed by atoms with Crippen molar-refractivity contribution < 1.29 is 28.0 Å². The molecule has 1 aliphatic rings. The summed E-state index contributed by atoms with van der Waals surface area (Å²) in [6.45, 7) is 8.05. The number of hydrogen-bond acceptors (Lipinski definition) is 4. The van der Waals surface area contributed by atoms with Gasteiger partial charge >= 0.3 is 12.3 Å². The van der Waals surface area contributed by atoms with Gasteiger partial charge in [-0.25, -0.2) is 4.79 Å². The zero-order chi connectivity index (χ0) is 21.5. The van der Waals surface area contributed by atoms with Crippen molar-refractivity contribution >= 4 is 11.8 Å². The second-order valence-corrected chi connectivity index (χ2v) is 8.27. The van der Waals surface area contributed by atoms with Crippen LogP contribution in [0.4, 0.5) is 23.7 Å². The Bertz CT molecular complexity index is 776. The number of non-ortho nitro benzene ring substituents is 1. The van der Waals surface area contributed by atoms with Gasteiger partial charge in [0.2, 0.25) is 0 Å². The third-order valence-electron chi connectivity index (χ3n) is 5.62. The lowest BCUT2D eigenvalue weighted by atomic mass is 9.72.